The number of rotatable bonds is 5. The lowest BCUT2D eigenvalue weighted by molar-refractivity contribution is 0.309. The molecular formula is C17H25F2N. The fourth-order valence-corrected chi connectivity index (χ4v) is 3.47. The highest BCUT2D eigenvalue weighted by Gasteiger charge is 2.41. The Bertz CT molecular complexity index is 438. The molecule has 0 bridgehead atoms. The van der Waals surface area contributed by atoms with Crippen LogP contribution in [0.3, 0.4) is 0 Å². The summed E-state index contributed by atoms with van der Waals surface area (Å²) in [7, 11) is 0. The Kier molecular flexibility index (Phi) is 4.79. The summed E-state index contributed by atoms with van der Waals surface area (Å²) < 4.78 is 27.1. The van der Waals surface area contributed by atoms with E-state index in [0.717, 1.165) is 44.0 Å². The lowest BCUT2D eigenvalue weighted by Crippen LogP contribution is -2.41. The molecular weight excluding hydrogens is 256 g/mol. The second-order valence-electron chi connectivity index (χ2n) is 6.63. The van der Waals surface area contributed by atoms with Crippen molar-refractivity contribution in [2.45, 2.75) is 45.4 Å². The standard InChI is InChI=1S/C17H25F2N/c1-12(2)10-20-11-17(6-4-5-13(17)3)14-7-15(18)9-16(19)8-14/h7-9,12-13,20H,4-6,10-11H2,1-3H3. The molecule has 112 valence electrons. The van der Waals surface area contributed by atoms with Crippen LogP contribution in [0.1, 0.15) is 45.6 Å². The predicted molar refractivity (Wildman–Crippen MR) is 78.8 cm³/mol. The summed E-state index contributed by atoms with van der Waals surface area (Å²) in [6, 6.07) is 3.99. The van der Waals surface area contributed by atoms with Gasteiger partial charge in [0, 0.05) is 18.0 Å². The van der Waals surface area contributed by atoms with Gasteiger partial charge in [-0.15, -0.1) is 0 Å². The van der Waals surface area contributed by atoms with Crippen molar-refractivity contribution in [1.82, 2.24) is 5.32 Å². The third kappa shape index (κ3) is 3.20. The number of benzene rings is 1. The first-order chi connectivity index (χ1) is 9.44. The minimum absolute atomic E-state index is 0.127. The van der Waals surface area contributed by atoms with Crippen LogP contribution < -0.4 is 5.32 Å². The van der Waals surface area contributed by atoms with Gasteiger partial charge in [0.25, 0.3) is 0 Å². The van der Waals surface area contributed by atoms with Gasteiger partial charge in [0.15, 0.2) is 0 Å². The van der Waals surface area contributed by atoms with Crippen molar-refractivity contribution in [1.29, 1.82) is 0 Å². The highest BCUT2D eigenvalue weighted by atomic mass is 19.1. The highest BCUT2D eigenvalue weighted by Crippen LogP contribution is 2.45. The van der Waals surface area contributed by atoms with Crippen LogP contribution >= 0.6 is 0 Å². The van der Waals surface area contributed by atoms with Crippen molar-refractivity contribution >= 4 is 0 Å². The number of nitrogens with one attached hydrogen (secondary N) is 1. The van der Waals surface area contributed by atoms with Gasteiger partial charge in [0.2, 0.25) is 0 Å². The first-order valence-electron chi connectivity index (χ1n) is 7.61. The maximum absolute atomic E-state index is 13.6. The Morgan fingerprint density at radius 1 is 1.25 bits per heavy atom. The van der Waals surface area contributed by atoms with Gasteiger partial charge in [-0.05, 0) is 48.9 Å². The quantitative estimate of drug-likeness (QED) is 0.850. The largest absolute Gasteiger partial charge is 0.316 e. The third-order valence-corrected chi connectivity index (χ3v) is 4.63. The molecule has 3 heteroatoms. The first kappa shape index (κ1) is 15.4. The van der Waals surface area contributed by atoms with Gasteiger partial charge < -0.3 is 5.32 Å². The SMILES string of the molecule is CC(C)CNCC1(c2cc(F)cc(F)c2)CCCC1C. The second-order valence-corrected chi connectivity index (χ2v) is 6.63. The Morgan fingerprint density at radius 3 is 2.40 bits per heavy atom. The van der Waals surface area contributed by atoms with Gasteiger partial charge in [0.05, 0.1) is 0 Å². The molecule has 20 heavy (non-hydrogen) atoms. The molecule has 1 aromatic rings. The molecule has 1 aliphatic carbocycles. The average molecular weight is 281 g/mol. The summed E-state index contributed by atoms with van der Waals surface area (Å²) in [6.07, 6.45) is 3.26. The Labute approximate surface area is 120 Å². The fraction of sp³-hybridized carbons (Fsp3) is 0.647. The van der Waals surface area contributed by atoms with Gasteiger partial charge >= 0.3 is 0 Å². The maximum atomic E-state index is 13.6. The molecule has 2 unspecified atom stereocenters. The van der Waals surface area contributed by atoms with Crippen LogP contribution in [0.2, 0.25) is 0 Å². The Hall–Kier alpha value is -0.960. The Morgan fingerprint density at radius 2 is 1.90 bits per heavy atom. The van der Waals surface area contributed by atoms with E-state index >= 15 is 0 Å². The summed E-state index contributed by atoms with van der Waals surface area (Å²) in [5, 5.41) is 3.49. The minimum atomic E-state index is -0.470. The molecule has 0 amide bonds. The molecule has 0 spiro atoms. The molecule has 1 nitrogen and oxygen atoms in total. The number of hydrogen-bond acceptors (Lipinski definition) is 1. The van der Waals surface area contributed by atoms with Crippen molar-refractivity contribution < 1.29 is 8.78 Å². The van der Waals surface area contributed by atoms with E-state index in [-0.39, 0.29) is 5.41 Å². The normalized spacial score (nSPS) is 26.4. The van der Waals surface area contributed by atoms with Crippen molar-refractivity contribution in [3.63, 3.8) is 0 Å². The van der Waals surface area contributed by atoms with Crippen molar-refractivity contribution in [3.05, 3.63) is 35.4 Å². The number of hydrogen-bond donors (Lipinski definition) is 1. The van der Waals surface area contributed by atoms with Gasteiger partial charge in [-0.2, -0.15) is 0 Å². The smallest absolute Gasteiger partial charge is 0.126 e. The van der Waals surface area contributed by atoms with Crippen molar-refractivity contribution in [2.24, 2.45) is 11.8 Å². The molecule has 0 aromatic heterocycles. The van der Waals surface area contributed by atoms with Crippen LogP contribution in [0.4, 0.5) is 8.78 Å². The molecule has 1 saturated carbocycles. The topological polar surface area (TPSA) is 12.0 Å². The van der Waals surface area contributed by atoms with E-state index in [1.807, 2.05) is 0 Å². The van der Waals surface area contributed by atoms with Crippen LogP contribution in [0.25, 0.3) is 0 Å². The van der Waals surface area contributed by atoms with E-state index in [9.17, 15) is 8.78 Å². The zero-order valence-electron chi connectivity index (χ0n) is 12.7. The average Bonchev–Trinajstić information content (AvgIpc) is 2.70. The van der Waals surface area contributed by atoms with E-state index < -0.39 is 11.6 Å². The van der Waals surface area contributed by atoms with Crippen LogP contribution in [0.15, 0.2) is 18.2 Å². The lowest BCUT2D eigenvalue weighted by atomic mass is 9.72. The summed E-state index contributed by atoms with van der Waals surface area (Å²) in [5.41, 5.74) is 0.689. The molecule has 1 fully saturated rings. The fourth-order valence-electron chi connectivity index (χ4n) is 3.47. The van der Waals surface area contributed by atoms with E-state index in [1.54, 1.807) is 0 Å². The van der Waals surface area contributed by atoms with Crippen molar-refractivity contribution in [3.8, 4) is 0 Å². The Balaban J connectivity index is 2.27. The van der Waals surface area contributed by atoms with Crippen LogP contribution in [-0.2, 0) is 5.41 Å². The second kappa shape index (κ2) is 6.21. The highest BCUT2D eigenvalue weighted by molar-refractivity contribution is 5.30. The maximum Gasteiger partial charge on any atom is 0.126 e. The molecule has 0 heterocycles. The third-order valence-electron chi connectivity index (χ3n) is 4.63. The van der Waals surface area contributed by atoms with E-state index in [4.69, 9.17) is 0 Å². The van der Waals surface area contributed by atoms with Gasteiger partial charge in [-0.25, -0.2) is 8.78 Å². The van der Waals surface area contributed by atoms with Crippen LogP contribution in [-0.4, -0.2) is 13.1 Å². The summed E-state index contributed by atoms with van der Waals surface area (Å²) >= 11 is 0. The zero-order chi connectivity index (χ0) is 14.8. The van der Waals surface area contributed by atoms with Crippen LogP contribution in [0.5, 0.6) is 0 Å². The summed E-state index contributed by atoms with van der Waals surface area (Å²) in [4.78, 5) is 0. The van der Waals surface area contributed by atoms with Gasteiger partial charge in [0.1, 0.15) is 11.6 Å². The van der Waals surface area contributed by atoms with E-state index in [1.165, 1.54) is 12.1 Å². The van der Waals surface area contributed by atoms with Gasteiger partial charge in [-0.3, -0.25) is 0 Å². The van der Waals surface area contributed by atoms with Crippen LogP contribution in [0, 0.1) is 23.5 Å². The summed E-state index contributed by atoms with van der Waals surface area (Å²) in [5.74, 6) is 0.0843. The van der Waals surface area contributed by atoms with E-state index in [2.05, 4.69) is 26.1 Å². The monoisotopic (exact) mass is 281 g/mol. The molecule has 1 N–H and O–H groups in total. The van der Waals surface area contributed by atoms with Crippen molar-refractivity contribution in [2.75, 3.05) is 13.1 Å². The minimum Gasteiger partial charge on any atom is -0.316 e. The summed E-state index contributed by atoms with van der Waals surface area (Å²) in [6.45, 7) is 8.27. The van der Waals surface area contributed by atoms with Gasteiger partial charge in [-0.1, -0.05) is 27.2 Å². The molecule has 2 atom stereocenters. The predicted octanol–water partition coefficient (Wildman–Crippen LogP) is 4.27. The van der Waals surface area contributed by atoms with E-state index in [0.29, 0.717) is 11.8 Å². The molecule has 0 saturated heterocycles. The zero-order valence-corrected chi connectivity index (χ0v) is 12.7. The first-order valence-corrected chi connectivity index (χ1v) is 7.61. The molecule has 0 radical (unpaired) electrons. The lowest BCUT2D eigenvalue weighted by Gasteiger charge is -2.35. The molecule has 1 aromatic carbocycles. The number of halogens is 2. The molecule has 2 rings (SSSR count). The molecule has 0 aliphatic heterocycles. The molecule has 1 aliphatic rings.